The van der Waals surface area contributed by atoms with E-state index in [0.29, 0.717) is 6.47 Å². The molecule has 0 radical (unpaired) electrons. The van der Waals surface area contributed by atoms with Crippen LogP contribution in [0.4, 0.5) is 0 Å². The van der Waals surface area contributed by atoms with Crippen molar-refractivity contribution in [1.82, 2.24) is 15.0 Å². The van der Waals surface area contributed by atoms with E-state index in [1.807, 2.05) is 72.9 Å². The van der Waals surface area contributed by atoms with Gasteiger partial charge >= 0.3 is 0 Å². The van der Waals surface area contributed by atoms with Crippen LogP contribution in [0.2, 0.25) is 0 Å². The summed E-state index contributed by atoms with van der Waals surface area (Å²) in [6.07, 6.45) is 1.90. The van der Waals surface area contributed by atoms with Crippen molar-refractivity contribution in [1.29, 1.82) is 0 Å². The Labute approximate surface area is 178 Å². The van der Waals surface area contributed by atoms with E-state index in [1.54, 1.807) is 23.6 Å². The second-order valence-electron chi connectivity index (χ2n) is 6.37. The number of aromatic nitrogens is 3. The van der Waals surface area contributed by atoms with Gasteiger partial charge in [0.15, 0.2) is 0 Å². The van der Waals surface area contributed by atoms with Crippen molar-refractivity contribution < 1.29 is 14.3 Å². The highest BCUT2D eigenvalue weighted by molar-refractivity contribution is 7.99. The minimum absolute atomic E-state index is 0.275. The molecule has 4 aromatic rings. The molecule has 4 rings (SSSR count). The third-order valence-corrected chi connectivity index (χ3v) is 5.54. The Bertz CT molecular complexity index is 1140. The van der Waals surface area contributed by atoms with Gasteiger partial charge in [0.1, 0.15) is 23.7 Å². The molecule has 1 aromatic heterocycles. The number of hydrogen-bond acceptors (Lipinski definition) is 6. The molecule has 0 amide bonds. The molecule has 0 fully saturated rings. The lowest BCUT2D eigenvalue weighted by Gasteiger charge is -2.08. The zero-order chi connectivity index (χ0) is 20.8. The van der Waals surface area contributed by atoms with Crippen LogP contribution in [0.25, 0.3) is 16.9 Å². The van der Waals surface area contributed by atoms with Crippen LogP contribution in [0, 0.1) is 0 Å². The molecular weight excluding hydrogens is 398 g/mol. The van der Waals surface area contributed by atoms with E-state index in [2.05, 4.69) is 16.4 Å². The van der Waals surface area contributed by atoms with E-state index >= 15 is 0 Å². The van der Waals surface area contributed by atoms with E-state index in [1.165, 1.54) is 0 Å². The van der Waals surface area contributed by atoms with Gasteiger partial charge in [-0.1, -0.05) is 59.4 Å². The van der Waals surface area contributed by atoms with E-state index in [9.17, 15) is 4.79 Å². The van der Waals surface area contributed by atoms with Crippen LogP contribution in [0.15, 0.2) is 88.8 Å². The van der Waals surface area contributed by atoms with Gasteiger partial charge in [0, 0.05) is 15.4 Å². The Morgan fingerprint density at radius 1 is 1.00 bits per heavy atom. The van der Waals surface area contributed by atoms with Crippen LogP contribution >= 0.6 is 11.8 Å². The molecule has 150 valence electrons. The first-order chi connectivity index (χ1) is 14.8. The first kappa shape index (κ1) is 19.7. The molecule has 0 unspecified atom stereocenters. The zero-order valence-electron chi connectivity index (χ0n) is 16.3. The SMILES string of the molecule is COc1ccccc1-n1cc(-c2ccccc2Sc2ccc(COC=O)cc2)nn1. The van der Waals surface area contributed by atoms with E-state index in [0.717, 1.165) is 38.0 Å². The number of hydrogen-bond donors (Lipinski definition) is 0. The molecule has 7 heteroatoms. The summed E-state index contributed by atoms with van der Waals surface area (Å²) in [5.41, 5.74) is 3.55. The Kier molecular flexibility index (Phi) is 6.10. The fraction of sp³-hybridized carbons (Fsp3) is 0.0870. The predicted molar refractivity (Wildman–Crippen MR) is 115 cm³/mol. The molecule has 0 N–H and O–H groups in total. The summed E-state index contributed by atoms with van der Waals surface area (Å²) in [5, 5.41) is 8.68. The molecule has 0 aliphatic rings. The maximum atomic E-state index is 10.3. The number of benzene rings is 3. The van der Waals surface area contributed by atoms with Gasteiger partial charge in [0.2, 0.25) is 0 Å². The number of rotatable bonds is 8. The minimum Gasteiger partial charge on any atom is -0.494 e. The lowest BCUT2D eigenvalue weighted by molar-refractivity contribution is -0.129. The highest BCUT2D eigenvalue weighted by Gasteiger charge is 2.13. The smallest absolute Gasteiger partial charge is 0.293 e. The summed E-state index contributed by atoms with van der Waals surface area (Å²) >= 11 is 1.64. The lowest BCUT2D eigenvalue weighted by atomic mass is 10.2. The average molecular weight is 417 g/mol. The standard InChI is InChI=1S/C23H19N3O3S/c1-28-22-8-4-3-7-21(22)26-14-20(24-25-26)19-6-2-5-9-23(19)30-18-12-10-17(11-13-18)15-29-16-27/h2-14,16H,15H2,1H3. The van der Waals surface area contributed by atoms with Crippen LogP contribution in [0.1, 0.15) is 5.56 Å². The van der Waals surface area contributed by atoms with Crippen LogP contribution in [-0.2, 0) is 16.1 Å². The summed E-state index contributed by atoms with van der Waals surface area (Å²) in [6.45, 7) is 0.730. The molecule has 3 aromatic carbocycles. The van der Waals surface area contributed by atoms with E-state index in [-0.39, 0.29) is 6.61 Å². The Morgan fingerprint density at radius 2 is 1.77 bits per heavy atom. The van der Waals surface area contributed by atoms with Crippen molar-refractivity contribution in [2.24, 2.45) is 0 Å². The maximum Gasteiger partial charge on any atom is 0.293 e. The molecule has 0 saturated heterocycles. The predicted octanol–water partition coefficient (Wildman–Crippen LogP) is 4.77. The molecule has 0 atom stereocenters. The van der Waals surface area contributed by atoms with Crippen LogP contribution in [0.3, 0.4) is 0 Å². The number of carbonyl (C=O) groups excluding carboxylic acids is 1. The monoisotopic (exact) mass is 417 g/mol. The van der Waals surface area contributed by atoms with Gasteiger partial charge in [-0.3, -0.25) is 4.79 Å². The van der Waals surface area contributed by atoms with Gasteiger partial charge in [-0.25, -0.2) is 4.68 Å². The zero-order valence-corrected chi connectivity index (χ0v) is 17.1. The van der Waals surface area contributed by atoms with Crippen molar-refractivity contribution >= 4 is 18.2 Å². The minimum atomic E-state index is 0.275. The first-order valence-corrected chi connectivity index (χ1v) is 10.1. The van der Waals surface area contributed by atoms with Gasteiger partial charge < -0.3 is 9.47 Å². The van der Waals surface area contributed by atoms with E-state index < -0.39 is 0 Å². The average Bonchev–Trinajstić information content (AvgIpc) is 3.29. The van der Waals surface area contributed by atoms with Crippen LogP contribution in [0.5, 0.6) is 5.75 Å². The van der Waals surface area contributed by atoms with Gasteiger partial charge in [-0.05, 0) is 35.9 Å². The van der Waals surface area contributed by atoms with Crippen molar-refractivity contribution in [2.45, 2.75) is 16.4 Å². The number of ether oxygens (including phenoxy) is 2. The summed E-state index contributed by atoms with van der Waals surface area (Å²) in [5.74, 6) is 0.732. The van der Waals surface area contributed by atoms with Gasteiger partial charge in [-0.2, -0.15) is 0 Å². The molecule has 0 spiro atoms. The molecule has 6 nitrogen and oxygen atoms in total. The second kappa shape index (κ2) is 9.28. The molecular formula is C23H19N3O3S. The molecule has 0 aliphatic carbocycles. The summed E-state index contributed by atoms with van der Waals surface area (Å²) in [7, 11) is 1.64. The Morgan fingerprint density at radius 3 is 2.57 bits per heavy atom. The van der Waals surface area contributed by atoms with Crippen molar-refractivity contribution in [3.8, 4) is 22.7 Å². The van der Waals surface area contributed by atoms with Crippen molar-refractivity contribution in [3.05, 3.63) is 84.6 Å². The maximum absolute atomic E-state index is 10.3. The van der Waals surface area contributed by atoms with Crippen molar-refractivity contribution in [3.63, 3.8) is 0 Å². The second-order valence-corrected chi connectivity index (χ2v) is 7.48. The first-order valence-electron chi connectivity index (χ1n) is 9.25. The molecule has 0 aliphatic heterocycles. The van der Waals surface area contributed by atoms with Gasteiger partial charge in [0.25, 0.3) is 6.47 Å². The highest BCUT2D eigenvalue weighted by atomic mass is 32.2. The van der Waals surface area contributed by atoms with Crippen LogP contribution in [-0.4, -0.2) is 28.6 Å². The number of carbonyl (C=O) groups is 1. The number of para-hydroxylation sites is 2. The molecule has 30 heavy (non-hydrogen) atoms. The largest absolute Gasteiger partial charge is 0.494 e. The summed E-state index contributed by atoms with van der Waals surface area (Å²) in [6, 6.07) is 23.7. The number of nitrogens with zero attached hydrogens (tertiary/aromatic N) is 3. The van der Waals surface area contributed by atoms with E-state index in [4.69, 9.17) is 9.47 Å². The topological polar surface area (TPSA) is 66.2 Å². The third kappa shape index (κ3) is 4.36. The van der Waals surface area contributed by atoms with Crippen LogP contribution < -0.4 is 4.74 Å². The fourth-order valence-electron chi connectivity index (χ4n) is 3.00. The normalized spacial score (nSPS) is 10.6. The quantitative estimate of drug-likeness (QED) is 0.385. The summed E-state index contributed by atoms with van der Waals surface area (Å²) < 4.78 is 11.9. The lowest BCUT2D eigenvalue weighted by Crippen LogP contribution is -1.98. The number of methoxy groups -OCH3 is 1. The Balaban J connectivity index is 1.60. The van der Waals surface area contributed by atoms with Gasteiger partial charge in [0.05, 0.1) is 13.3 Å². The Hall–Kier alpha value is -3.58. The fourth-order valence-corrected chi connectivity index (χ4v) is 3.96. The molecule has 0 saturated carbocycles. The summed E-state index contributed by atoms with van der Waals surface area (Å²) in [4.78, 5) is 12.5. The third-order valence-electron chi connectivity index (χ3n) is 4.46. The van der Waals surface area contributed by atoms with Gasteiger partial charge in [-0.15, -0.1) is 5.10 Å². The van der Waals surface area contributed by atoms with Crippen molar-refractivity contribution in [2.75, 3.05) is 7.11 Å². The highest BCUT2D eigenvalue weighted by Crippen LogP contribution is 2.35. The molecule has 1 heterocycles. The molecule has 0 bridgehead atoms.